The van der Waals surface area contributed by atoms with Crippen molar-refractivity contribution in [3.05, 3.63) is 0 Å². The van der Waals surface area contributed by atoms with Gasteiger partial charge in [0.15, 0.2) is 0 Å². The number of piperidine rings is 1. The number of likely N-dealkylation sites (N-methyl/N-ethyl adjacent to an activating group) is 2. The molecule has 1 saturated heterocycles. The summed E-state index contributed by atoms with van der Waals surface area (Å²) in [5.74, 6) is -0.968. The SMILES string of the molecule is CCC[C@@H](NC(=O)N(C)C1CCCN(C)C1)C(=O)O. The van der Waals surface area contributed by atoms with Crippen molar-refractivity contribution in [1.29, 1.82) is 0 Å². The van der Waals surface area contributed by atoms with Gasteiger partial charge < -0.3 is 20.2 Å². The van der Waals surface area contributed by atoms with E-state index in [1.165, 1.54) is 0 Å². The molecule has 0 aromatic carbocycles. The first kappa shape index (κ1) is 15.8. The number of hydrogen-bond acceptors (Lipinski definition) is 3. The van der Waals surface area contributed by atoms with E-state index in [0.29, 0.717) is 6.42 Å². The van der Waals surface area contributed by atoms with Crippen LogP contribution in [0.5, 0.6) is 0 Å². The van der Waals surface area contributed by atoms with Crippen LogP contribution >= 0.6 is 0 Å². The Morgan fingerprint density at radius 1 is 1.53 bits per heavy atom. The van der Waals surface area contributed by atoms with Crippen molar-refractivity contribution in [1.82, 2.24) is 15.1 Å². The van der Waals surface area contributed by atoms with Crippen LogP contribution in [0, 0.1) is 0 Å². The van der Waals surface area contributed by atoms with Gasteiger partial charge in [0.2, 0.25) is 0 Å². The standard InChI is InChI=1S/C13H25N3O3/c1-4-6-11(12(17)18)14-13(19)16(3)10-7-5-8-15(2)9-10/h10-11H,4-9H2,1-3H3,(H,14,19)(H,17,18)/t10?,11-/m1/s1. The predicted molar refractivity (Wildman–Crippen MR) is 73.1 cm³/mol. The molecular weight excluding hydrogens is 246 g/mol. The van der Waals surface area contributed by atoms with Gasteiger partial charge in [-0.1, -0.05) is 13.3 Å². The van der Waals surface area contributed by atoms with E-state index < -0.39 is 12.0 Å². The first-order chi connectivity index (χ1) is 8.95. The molecule has 1 fully saturated rings. The average Bonchev–Trinajstić information content (AvgIpc) is 2.37. The number of carboxylic acids is 1. The lowest BCUT2D eigenvalue weighted by Crippen LogP contribution is -2.53. The molecule has 2 N–H and O–H groups in total. The Bertz CT molecular complexity index is 322. The highest BCUT2D eigenvalue weighted by Gasteiger charge is 2.27. The van der Waals surface area contributed by atoms with Gasteiger partial charge in [0.1, 0.15) is 6.04 Å². The minimum absolute atomic E-state index is 0.162. The fraction of sp³-hybridized carbons (Fsp3) is 0.846. The molecule has 19 heavy (non-hydrogen) atoms. The van der Waals surface area contributed by atoms with Crippen molar-refractivity contribution in [3.8, 4) is 0 Å². The van der Waals surface area contributed by atoms with Gasteiger partial charge in [0.25, 0.3) is 0 Å². The van der Waals surface area contributed by atoms with Crippen molar-refractivity contribution >= 4 is 12.0 Å². The van der Waals surface area contributed by atoms with Gasteiger partial charge in [-0.3, -0.25) is 0 Å². The third-order valence-electron chi connectivity index (χ3n) is 3.64. The Hall–Kier alpha value is -1.30. The quantitative estimate of drug-likeness (QED) is 0.781. The van der Waals surface area contributed by atoms with Gasteiger partial charge in [-0.2, -0.15) is 0 Å². The molecule has 0 radical (unpaired) electrons. The highest BCUT2D eigenvalue weighted by atomic mass is 16.4. The molecule has 2 atom stereocenters. The Morgan fingerprint density at radius 2 is 2.21 bits per heavy atom. The molecule has 110 valence electrons. The Kier molecular flexibility index (Phi) is 6.08. The molecule has 1 heterocycles. The number of aliphatic carboxylic acids is 1. The van der Waals surface area contributed by atoms with Gasteiger partial charge in [-0.05, 0) is 32.9 Å². The van der Waals surface area contributed by atoms with Crippen LogP contribution in [0.4, 0.5) is 4.79 Å². The van der Waals surface area contributed by atoms with Crippen LogP contribution in [0.1, 0.15) is 32.6 Å². The van der Waals surface area contributed by atoms with E-state index in [1.54, 1.807) is 11.9 Å². The molecule has 0 aromatic rings. The second-order valence-corrected chi connectivity index (χ2v) is 5.30. The van der Waals surface area contributed by atoms with Crippen LogP contribution in [0.2, 0.25) is 0 Å². The monoisotopic (exact) mass is 271 g/mol. The molecule has 0 aliphatic carbocycles. The number of nitrogens with one attached hydrogen (secondary N) is 1. The van der Waals surface area contributed by atoms with Gasteiger partial charge in [-0.15, -0.1) is 0 Å². The van der Waals surface area contributed by atoms with Gasteiger partial charge in [0.05, 0.1) is 0 Å². The summed E-state index contributed by atoms with van der Waals surface area (Å²) in [5, 5.41) is 11.6. The molecule has 1 aliphatic rings. The number of urea groups is 1. The van der Waals surface area contributed by atoms with Gasteiger partial charge >= 0.3 is 12.0 Å². The van der Waals surface area contributed by atoms with E-state index in [0.717, 1.165) is 32.4 Å². The number of carboxylic acid groups (broad SMARTS) is 1. The predicted octanol–water partition coefficient (Wildman–Crippen LogP) is 0.975. The highest BCUT2D eigenvalue weighted by molar-refractivity contribution is 5.82. The third-order valence-corrected chi connectivity index (χ3v) is 3.64. The zero-order valence-corrected chi connectivity index (χ0v) is 12.1. The summed E-state index contributed by atoms with van der Waals surface area (Å²) in [6.45, 7) is 3.80. The topological polar surface area (TPSA) is 72.9 Å². The van der Waals surface area contributed by atoms with Crippen molar-refractivity contribution in [2.24, 2.45) is 0 Å². The maximum absolute atomic E-state index is 12.1. The van der Waals surface area contributed by atoms with Crippen LogP contribution < -0.4 is 5.32 Å². The summed E-state index contributed by atoms with van der Waals surface area (Å²) in [7, 11) is 3.78. The summed E-state index contributed by atoms with van der Waals surface area (Å²) >= 11 is 0. The fourth-order valence-corrected chi connectivity index (χ4v) is 2.42. The summed E-state index contributed by atoms with van der Waals surface area (Å²) in [6.07, 6.45) is 3.22. The van der Waals surface area contributed by atoms with E-state index in [1.807, 2.05) is 14.0 Å². The van der Waals surface area contributed by atoms with Crippen LogP contribution in [-0.2, 0) is 4.79 Å². The van der Waals surface area contributed by atoms with E-state index in [2.05, 4.69) is 10.2 Å². The minimum Gasteiger partial charge on any atom is -0.480 e. The lowest BCUT2D eigenvalue weighted by atomic mass is 10.1. The number of carbonyl (C=O) groups excluding carboxylic acids is 1. The van der Waals surface area contributed by atoms with E-state index >= 15 is 0 Å². The molecule has 0 aromatic heterocycles. The van der Waals surface area contributed by atoms with Crippen molar-refractivity contribution in [2.75, 3.05) is 27.2 Å². The zero-order chi connectivity index (χ0) is 14.4. The molecule has 1 aliphatic heterocycles. The lowest BCUT2D eigenvalue weighted by Gasteiger charge is -2.36. The summed E-state index contributed by atoms with van der Waals surface area (Å²) < 4.78 is 0. The van der Waals surface area contributed by atoms with E-state index in [-0.39, 0.29) is 12.1 Å². The molecule has 6 nitrogen and oxygen atoms in total. The normalized spacial score (nSPS) is 21.7. The number of amides is 2. The number of nitrogens with zero attached hydrogens (tertiary/aromatic N) is 2. The summed E-state index contributed by atoms with van der Waals surface area (Å²) in [4.78, 5) is 26.9. The molecule has 6 heteroatoms. The molecule has 1 rings (SSSR count). The second-order valence-electron chi connectivity index (χ2n) is 5.30. The van der Waals surface area contributed by atoms with Crippen LogP contribution in [0.25, 0.3) is 0 Å². The number of rotatable bonds is 5. The van der Waals surface area contributed by atoms with Gasteiger partial charge in [0, 0.05) is 19.6 Å². The van der Waals surface area contributed by atoms with Crippen LogP contribution in [0.15, 0.2) is 0 Å². The van der Waals surface area contributed by atoms with Gasteiger partial charge in [-0.25, -0.2) is 9.59 Å². The maximum Gasteiger partial charge on any atom is 0.326 e. The molecular formula is C13H25N3O3. The smallest absolute Gasteiger partial charge is 0.326 e. The Balaban J connectivity index is 2.53. The molecule has 1 unspecified atom stereocenters. The van der Waals surface area contributed by atoms with Crippen molar-refractivity contribution in [3.63, 3.8) is 0 Å². The number of hydrogen-bond donors (Lipinski definition) is 2. The summed E-state index contributed by atoms with van der Waals surface area (Å²) in [6, 6.07) is -0.919. The number of likely N-dealkylation sites (tertiary alicyclic amines) is 1. The van der Waals surface area contributed by atoms with Crippen molar-refractivity contribution < 1.29 is 14.7 Å². The number of carbonyl (C=O) groups is 2. The third kappa shape index (κ3) is 4.70. The largest absolute Gasteiger partial charge is 0.480 e. The first-order valence-corrected chi connectivity index (χ1v) is 6.90. The molecule has 2 amide bonds. The second kappa shape index (κ2) is 7.33. The fourth-order valence-electron chi connectivity index (χ4n) is 2.42. The van der Waals surface area contributed by atoms with E-state index in [9.17, 15) is 9.59 Å². The average molecular weight is 271 g/mol. The van der Waals surface area contributed by atoms with Crippen LogP contribution in [-0.4, -0.2) is 66.2 Å². The zero-order valence-electron chi connectivity index (χ0n) is 12.1. The first-order valence-electron chi connectivity index (χ1n) is 6.90. The van der Waals surface area contributed by atoms with Crippen molar-refractivity contribution in [2.45, 2.75) is 44.7 Å². The highest BCUT2D eigenvalue weighted by Crippen LogP contribution is 2.13. The maximum atomic E-state index is 12.1. The summed E-state index contributed by atoms with van der Waals surface area (Å²) in [5.41, 5.74) is 0. The minimum atomic E-state index is -0.968. The molecule has 0 bridgehead atoms. The Labute approximate surface area is 114 Å². The molecule has 0 spiro atoms. The Morgan fingerprint density at radius 3 is 2.74 bits per heavy atom. The molecule has 0 saturated carbocycles. The van der Waals surface area contributed by atoms with Crippen LogP contribution in [0.3, 0.4) is 0 Å². The lowest BCUT2D eigenvalue weighted by molar-refractivity contribution is -0.139. The van der Waals surface area contributed by atoms with E-state index in [4.69, 9.17) is 5.11 Å².